The third kappa shape index (κ3) is 3.14. The largest absolute Gasteiger partial charge is 0.351 e. The van der Waals surface area contributed by atoms with Gasteiger partial charge in [0.2, 0.25) is 0 Å². The number of hydrogen-bond donors (Lipinski definition) is 3. The van der Waals surface area contributed by atoms with Crippen LogP contribution in [-0.2, 0) is 0 Å². The van der Waals surface area contributed by atoms with Crippen LogP contribution < -0.4 is 10.6 Å². The summed E-state index contributed by atoms with van der Waals surface area (Å²) in [4.78, 5) is 16.6. The summed E-state index contributed by atoms with van der Waals surface area (Å²) in [7, 11) is 0. The van der Waals surface area contributed by atoms with Gasteiger partial charge in [-0.05, 0) is 32.9 Å². The molecule has 0 saturated heterocycles. The average Bonchev–Trinajstić information content (AvgIpc) is 2.79. The van der Waals surface area contributed by atoms with Gasteiger partial charge in [0.1, 0.15) is 0 Å². The van der Waals surface area contributed by atoms with Crippen LogP contribution in [0.2, 0.25) is 0 Å². The summed E-state index contributed by atoms with van der Waals surface area (Å²) in [5, 5.41) is 14.0. The van der Waals surface area contributed by atoms with Crippen LogP contribution in [0.25, 0.3) is 11.0 Å². The zero-order chi connectivity index (χ0) is 14.5. The fourth-order valence-corrected chi connectivity index (χ4v) is 2.14. The lowest BCUT2D eigenvalue weighted by Crippen LogP contribution is -2.32. The quantitative estimate of drug-likeness (QED) is 0.694. The highest BCUT2D eigenvalue weighted by Gasteiger charge is 2.15. The Morgan fingerprint density at radius 2 is 2.10 bits per heavy atom. The molecule has 0 aliphatic heterocycles. The molecule has 0 spiro atoms. The molecule has 2 aromatic heterocycles. The maximum Gasteiger partial charge on any atom is 0.252 e. The third-order valence-electron chi connectivity index (χ3n) is 3.09. The molecular formula is C14H21N5O. The van der Waals surface area contributed by atoms with Crippen molar-refractivity contribution in [2.24, 2.45) is 0 Å². The Kier molecular flexibility index (Phi) is 4.68. The highest BCUT2D eigenvalue weighted by atomic mass is 16.1. The SMILES string of the molecule is CCCNCCNC(=O)c1cc(C)nc2n[nH]c(C)c12. The van der Waals surface area contributed by atoms with E-state index in [9.17, 15) is 4.79 Å². The number of aromatic nitrogens is 3. The van der Waals surface area contributed by atoms with Crippen molar-refractivity contribution in [1.82, 2.24) is 25.8 Å². The van der Waals surface area contributed by atoms with Gasteiger partial charge in [0.15, 0.2) is 5.65 Å². The van der Waals surface area contributed by atoms with Crippen molar-refractivity contribution in [3.63, 3.8) is 0 Å². The molecule has 0 bridgehead atoms. The zero-order valence-electron chi connectivity index (χ0n) is 12.2. The zero-order valence-corrected chi connectivity index (χ0v) is 12.2. The molecule has 0 atom stereocenters. The van der Waals surface area contributed by atoms with Crippen LogP contribution in [-0.4, -0.2) is 40.7 Å². The van der Waals surface area contributed by atoms with E-state index in [1.807, 2.05) is 13.8 Å². The maximum atomic E-state index is 12.3. The number of carbonyl (C=O) groups is 1. The monoisotopic (exact) mass is 275 g/mol. The Labute approximate surface area is 118 Å². The Balaban J connectivity index is 2.11. The Morgan fingerprint density at radius 3 is 2.85 bits per heavy atom. The predicted molar refractivity (Wildman–Crippen MR) is 78.9 cm³/mol. The van der Waals surface area contributed by atoms with Crippen LogP contribution in [0.5, 0.6) is 0 Å². The number of carbonyl (C=O) groups excluding carboxylic acids is 1. The highest BCUT2D eigenvalue weighted by molar-refractivity contribution is 6.06. The number of nitrogens with zero attached hydrogens (tertiary/aromatic N) is 2. The molecular weight excluding hydrogens is 254 g/mol. The summed E-state index contributed by atoms with van der Waals surface area (Å²) in [5.74, 6) is -0.0803. The van der Waals surface area contributed by atoms with Crippen LogP contribution in [0.1, 0.15) is 35.1 Å². The maximum absolute atomic E-state index is 12.3. The van der Waals surface area contributed by atoms with E-state index in [0.717, 1.165) is 36.3 Å². The molecule has 20 heavy (non-hydrogen) atoms. The molecule has 2 aromatic rings. The minimum absolute atomic E-state index is 0.0803. The van der Waals surface area contributed by atoms with E-state index in [2.05, 4.69) is 32.7 Å². The Bertz CT molecular complexity index is 605. The van der Waals surface area contributed by atoms with E-state index in [0.29, 0.717) is 17.8 Å². The number of nitrogens with one attached hydrogen (secondary N) is 3. The van der Waals surface area contributed by atoms with E-state index in [4.69, 9.17) is 0 Å². The van der Waals surface area contributed by atoms with E-state index in [1.54, 1.807) is 6.07 Å². The number of rotatable bonds is 6. The molecule has 0 aromatic carbocycles. The van der Waals surface area contributed by atoms with Gasteiger partial charge in [-0.2, -0.15) is 5.10 Å². The van der Waals surface area contributed by atoms with Gasteiger partial charge in [-0.25, -0.2) is 4.98 Å². The number of pyridine rings is 1. The number of H-pyrrole nitrogens is 1. The van der Waals surface area contributed by atoms with Crippen LogP contribution in [0.15, 0.2) is 6.07 Å². The molecule has 0 unspecified atom stereocenters. The van der Waals surface area contributed by atoms with Crippen LogP contribution in [0.3, 0.4) is 0 Å². The smallest absolute Gasteiger partial charge is 0.252 e. The van der Waals surface area contributed by atoms with E-state index >= 15 is 0 Å². The molecule has 6 heteroatoms. The normalized spacial score (nSPS) is 10.9. The number of aromatic amines is 1. The van der Waals surface area contributed by atoms with Crippen molar-refractivity contribution in [2.75, 3.05) is 19.6 Å². The molecule has 1 amide bonds. The minimum atomic E-state index is -0.0803. The van der Waals surface area contributed by atoms with Gasteiger partial charge in [-0.1, -0.05) is 6.92 Å². The summed E-state index contributed by atoms with van der Waals surface area (Å²) in [5.41, 5.74) is 2.88. The van der Waals surface area contributed by atoms with Crippen LogP contribution in [0, 0.1) is 13.8 Å². The van der Waals surface area contributed by atoms with Crippen molar-refractivity contribution in [3.05, 3.63) is 23.0 Å². The van der Waals surface area contributed by atoms with Crippen molar-refractivity contribution in [1.29, 1.82) is 0 Å². The van der Waals surface area contributed by atoms with Crippen molar-refractivity contribution >= 4 is 16.9 Å². The van der Waals surface area contributed by atoms with Gasteiger partial charge < -0.3 is 10.6 Å². The summed E-state index contributed by atoms with van der Waals surface area (Å²) in [6.07, 6.45) is 1.09. The fourth-order valence-electron chi connectivity index (χ4n) is 2.14. The summed E-state index contributed by atoms with van der Waals surface area (Å²) >= 11 is 0. The number of amides is 1. The van der Waals surface area contributed by atoms with E-state index in [-0.39, 0.29) is 5.91 Å². The van der Waals surface area contributed by atoms with Crippen molar-refractivity contribution in [2.45, 2.75) is 27.2 Å². The molecule has 2 rings (SSSR count). The van der Waals surface area contributed by atoms with Crippen LogP contribution >= 0.6 is 0 Å². The summed E-state index contributed by atoms with van der Waals surface area (Å²) in [6, 6.07) is 1.81. The second kappa shape index (κ2) is 6.47. The highest BCUT2D eigenvalue weighted by Crippen LogP contribution is 2.19. The van der Waals surface area contributed by atoms with Gasteiger partial charge in [-0.15, -0.1) is 0 Å². The van der Waals surface area contributed by atoms with E-state index < -0.39 is 0 Å². The van der Waals surface area contributed by atoms with Gasteiger partial charge in [0.25, 0.3) is 5.91 Å². The Hall–Kier alpha value is -1.95. The van der Waals surface area contributed by atoms with Gasteiger partial charge >= 0.3 is 0 Å². The Morgan fingerprint density at radius 1 is 1.30 bits per heavy atom. The molecule has 0 saturated carbocycles. The molecule has 0 aliphatic carbocycles. The molecule has 0 aliphatic rings. The standard InChI is InChI=1S/C14H21N5O/c1-4-5-15-6-7-16-14(20)11-8-9(2)17-13-12(11)10(3)18-19-13/h8,15H,4-7H2,1-3H3,(H,16,20)(H,17,18,19). The second-order valence-electron chi connectivity index (χ2n) is 4.86. The van der Waals surface area contributed by atoms with Crippen molar-refractivity contribution < 1.29 is 4.79 Å². The fraction of sp³-hybridized carbons (Fsp3) is 0.500. The lowest BCUT2D eigenvalue weighted by molar-refractivity contribution is 0.0955. The molecule has 0 fully saturated rings. The molecule has 6 nitrogen and oxygen atoms in total. The minimum Gasteiger partial charge on any atom is -0.351 e. The first-order valence-electron chi connectivity index (χ1n) is 6.94. The van der Waals surface area contributed by atoms with Gasteiger partial charge in [-0.3, -0.25) is 9.89 Å². The first-order chi connectivity index (χ1) is 9.63. The molecule has 3 N–H and O–H groups in total. The lowest BCUT2D eigenvalue weighted by atomic mass is 10.1. The van der Waals surface area contributed by atoms with Crippen molar-refractivity contribution in [3.8, 4) is 0 Å². The number of fused-ring (bicyclic) bond motifs is 1. The average molecular weight is 275 g/mol. The van der Waals surface area contributed by atoms with Crippen LogP contribution in [0.4, 0.5) is 0 Å². The summed E-state index contributed by atoms with van der Waals surface area (Å²) < 4.78 is 0. The topological polar surface area (TPSA) is 82.7 Å². The second-order valence-corrected chi connectivity index (χ2v) is 4.86. The number of hydrogen-bond acceptors (Lipinski definition) is 4. The molecule has 0 radical (unpaired) electrons. The first kappa shape index (κ1) is 14.5. The first-order valence-corrected chi connectivity index (χ1v) is 6.94. The predicted octanol–water partition coefficient (Wildman–Crippen LogP) is 1.30. The third-order valence-corrected chi connectivity index (χ3v) is 3.09. The van der Waals surface area contributed by atoms with Gasteiger partial charge in [0, 0.05) is 24.5 Å². The molecule has 2 heterocycles. The van der Waals surface area contributed by atoms with E-state index in [1.165, 1.54) is 0 Å². The number of aryl methyl sites for hydroxylation is 2. The van der Waals surface area contributed by atoms with Gasteiger partial charge in [0.05, 0.1) is 10.9 Å². The molecule has 108 valence electrons. The summed E-state index contributed by atoms with van der Waals surface area (Å²) in [6.45, 7) is 8.23. The lowest BCUT2D eigenvalue weighted by Gasteiger charge is -2.08.